The molecule has 0 spiro atoms. The minimum Gasteiger partial charge on any atom is -0.366 e. The highest BCUT2D eigenvalue weighted by Gasteiger charge is 2.25. The molecule has 2 aliphatic heterocycles. The number of amides is 1. The van der Waals surface area contributed by atoms with Crippen LogP contribution in [0, 0.1) is 6.92 Å². The molecule has 35 heavy (non-hydrogen) atoms. The first kappa shape index (κ1) is 22.0. The van der Waals surface area contributed by atoms with Crippen LogP contribution >= 0.6 is 0 Å². The zero-order valence-electron chi connectivity index (χ0n) is 20.1. The first-order valence-corrected chi connectivity index (χ1v) is 12.4. The van der Waals surface area contributed by atoms with E-state index in [0.717, 1.165) is 78.1 Å². The van der Waals surface area contributed by atoms with E-state index in [0.29, 0.717) is 11.6 Å². The zero-order chi connectivity index (χ0) is 23.9. The fraction of sp³-hybridized carbons (Fsp3) is 0.370. The molecule has 0 radical (unpaired) electrons. The molecule has 0 saturated carbocycles. The van der Waals surface area contributed by atoms with Gasteiger partial charge in [0.15, 0.2) is 5.65 Å². The smallest absolute Gasteiger partial charge is 0.249 e. The number of aromatic nitrogens is 3. The molecule has 2 fully saturated rings. The molecule has 1 amide bonds. The summed E-state index contributed by atoms with van der Waals surface area (Å²) < 4.78 is 1.87. The Morgan fingerprint density at radius 3 is 2.57 bits per heavy atom. The number of piperazine rings is 1. The van der Waals surface area contributed by atoms with Crippen LogP contribution in [0.1, 0.15) is 28.8 Å². The average molecular weight is 470 g/mol. The second-order valence-corrected chi connectivity index (χ2v) is 9.72. The van der Waals surface area contributed by atoms with Crippen molar-refractivity contribution in [2.75, 3.05) is 44.2 Å². The number of hydrogen-bond acceptors (Lipinski definition) is 6. The highest BCUT2D eigenvalue weighted by Crippen LogP contribution is 2.34. The van der Waals surface area contributed by atoms with Gasteiger partial charge in [0.05, 0.1) is 24.3 Å². The molecule has 8 nitrogen and oxygen atoms in total. The van der Waals surface area contributed by atoms with E-state index >= 15 is 0 Å². The highest BCUT2D eigenvalue weighted by atomic mass is 16.1. The van der Waals surface area contributed by atoms with Gasteiger partial charge in [-0.05, 0) is 55.3 Å². The zero-order valence-corrected chi connectivity index (χ0v) is 20.1. The number of nitrogens with zero attached hydrogens (tertiary/aromatic N) is 5. The van der Waals surface area contributed by atoms with Crippen LogP contribution in [0.4, 0.5) is 5.69 Å². The molecule has 2 saturated heterocycles. The van der Waals surface area contributed by atoms with Crippen molar-refractivity contribution in [2.45, 2.75) is 25.8 Å². The number of rotatable bonds is 4. The van der Waals surface area contributed by atoms with E-state index in [1.54, 1.807) is 6.07 Å². The van der Waals surface area contributed by atoms with Crippen LogP contribution < -0.4 is 16.0 Å². The first-order chi connectivity index (χ1) is 17.1. The van der Waals surface area contributed by atoms with Crippen LogP contribution in [0.15, 0.2) is 48.9 Å². The second-order valence-electron chi connectivity index (χ2n) is 9.72. The molecule has 4 heterocycles. The number of anilines is 1. The van der Waals surface area contributed by atoms with Gasteiger partial charge in [-0.3, -0.25) is 9.69 Å². The first-order valence-electron chi connectivity index (χ1n) is 12.4. The van der Waals surface area contributed by atoms with Crippen molar-refractivity contribution < 1.29 is 4.79 Å². The lowest BCUT2D eigenvalue weighted by Gasteiger charge is -2.41. The quantitative estimate of drug-likeness (QED) is 0.478. The molecule has 2 aromatic carbocycles. The van der Waals surface area contributed by atoms with E-state index in [1.807, 2.05) is 42.0 Å². The number of carbonyl (C=O) groups excluding carboxylic acids is 1. The van der Waals surface area contributed by atoms with Gasteiger partial charge in [0.2, 0.25) is 5.91 Å². The van der Waals surface area contributed by atoms with Crippen molar-refractivity contribution >= 4 is 28.0 Å². The maximum atomic E-state index is 12.0. The summed E-state index contributed by atoms with van der Waals surface area (Å²) in [6.07, 6.45) is 8.40. The molecule has 8 heteroatoms. The van der Waals surface area contributed by atoms with Gasteiger partial charge >= 0.3 is 0 Å². The van der Waals surface area contributed by atoms with E-state index in [2.05, 4.69) is 32.5 Å². The fourth-order valence-corrected chi connectivity index (χ4v) is 5.65. The topological polar surface area (TPSA) is 91.8 Å². The SMILES string of the molecule is Cc1ccc2c(-c3cnn4cc(N5CCN(C6CCNCC6)CC5)cnc34)ccc(C(N)=O)c2c1. The summed E-state index contributed by atoms with van der Waals surface area (Å²) in [4.78, 5) is 21.9. The third kappa shape index (κ3) is 4.02. The van der Waals surface area contributed by atoms with E-state index in [1.165, 1.54) is 12.8 Å². The molecule has 2 aliphatic rings. The number of fused-ring (bicyclic) bond motifs is 2. The molecule has 0 unspecified atom stereocenters. The van der Waals surface area contributed by atoms with Gasteiger partial charge in [-0.15, -0.1) is 0 Å². The largest absolute Gasteiger partial charge is 0.366 e. The molecule has 2 aromatic heterocycles. The molecule has 3 N–H and O–H groups in total. The number of benzene rings is 2. The van der Waals surface area contributed by atoms with Crippen molar-refractivity contribution in [1.82, 2.24) is 24.8 Å². The van der Waals surface area contributed by atoms with Crippen molar-refractivity contribution in [3.63, 3.8) is 0 Å². The Kier molecular flexibility index (Phi) is 5.62. The minimum absolute atomic E-state index is 0.421. The molecule has 0 aliphatic carbocycles. The number of nitrogens with two attached hydrogens (primary N) is 1. The van der Waals surface area contributed by atoms with Gasteiger partial charge < -0.3 is 16.0 Å². The Labute approximate surface area is 204 Å². The summed E-state index contributed by atoms with van der Waals surface area (Å²) in [5, 5.41) is 9.94. The van der Waals surface area contributed by atoms with Gasteiger partial charge in [0, 0.05) is 43.3 Å². The summed E-state index contributed by atoms with van der Waals surface area (Å²) in [7, 11) is 0. The van der Waals surface area contributed by atoms with E-state index in [-0.39, 0.29) is 0 Å². The van der Waals surface area contributed by atoms with E-state index in [9.17, 15) is 4.79 Å². The van der Waals surface area contributed by atoms with E-state index in [4.69, 9.17) is 10.7 Å². The summed E-state index contributed by atoms with van der Waals surface area (Å²) in [6, 6.07) is 10.6. The maximum absolute atomic E-state index is 12.0. The second kappa shape index (κ2) is 8.94. The summed E-state index contributed by atoms with van der Waals surface area (Å²) in [5.74, 6) is -0.421. The Morgan fingerprint density at radius 1 is 1.00 bits per heavy atom. The van der Waals surface area contributed by atoms with E-state index < -0.39 is 5.91 Å². The lowest BCUT2D eigenvalue weighted by molar-refractivity contribution is 0.100. The van der Waals surface area contributed by atoms with Crippen molar-refractivity contribution in [3.05, 3.63) is 60.0 Å². The minimum atomic E-state index is -0.421. The lowest BCUT2D eigenvalue weighted by Crippen LogP contribution is -2.52. The Balaban J connectivity index is 1.29. The molecular formula is C27H31N7O. The maximum Gasteiger partial charge on any atom is 0.249 e. The average Bonchev–Trinajstić information content (AvgIpc) is 3.31. The van der Waals surface area contributed by atoms with Crippen LogP contribution in [0.25, 0.3) is 27.5 Å². The predicted octanol–water partition coefficient (Wildman–Crippen LogP) is 2.83. The van der Waals surface area contributed by atoms with Crippen LogP contribution in [0.2, 0.25) is 0 Å². The monoisotopic (exact) mass is 469 g/mol. The normalized spacial score (nSPS) is 17.9. The Hall–Kier alpha value is -3.49. The molecular weight excluding hydrogens is 438 g/mol. The van der Waals surface area contributed by atoms with Crippen LogP contribution in [-0.4, -0.2) is 70.7 Å². The predicted molar refractivity (Wildman–Crippen MR) is 139 cm³/mol. The lowest BCUT2D eigenvalue weighted by atomic mass is 9.95. The number of primary amides is 1. The molecule has 6 rings (SSSR count). The third-order valence-corrected chi connectivity index (χ3v) is 7.57. The summed E-state index contributed by atoms with van der Waals surface area (Å²) in [6.45, 7) is 8.46. The number of hydrogen-bond donors (Lipinski definition) is 2. The molecule has 4 aromatic rings. The Bertz CT molecular complexity index is 1400. The van der Waals surface area contributed by atoms with Crippen LogP contribution in [-0.2, 0) is 0 Å². The molecule has 180 valence electrons. The number of piperidine rings is 1. The number of nitrogens with one attached hydrogen (secondary N) is 1. The van der Waals surface area contributed by atoms with Gasteiger partial charge in [0.25, 0.3) is 0 Å². The Morgan fingerprint density at radius 2 is 1.80 bits per heavy atom. The van der Waals surface area contributed by atoms with Crippen LogP contribution in [0.5, 0.6) is 0 Å². The molecule has 0 bridgehead atoms. The highest BCUT2D eigenvalue weighted by molar-refractivity contribution is 6.11. The van der Waals surface area contributed by atoms with Gasteiger partial charge in [-0.2, -0.15) is 5.10 Å². The van der Waals surface area contributed by atoms with Gasteiger partial charge in [-0.1, -0.05) is 29.8 Å². The van der Waals surface area contributed by atoms with Crippen molar-refractivity contribution in [3.8, 4) is 11.1 Å². The number of carbonyl (C=O) groups is 1. The summed E-state index contributed by atoms with van der Waals surface area (Å²) >= 11 is 0. The van der Waals surface area contributed by atoms with Crippen molar-refractivity contribution in [1.29, 1.82) is 0 Å². The fourth-order valence-electron chi connectivity index (χ4n) is 5.65. The third-order valence-electron chi connectivity index (χ3n) is 7.57. The van der Waals surface area contributed by atoms with Crippen molar-refractivity contribution in [2.24, 2.45) is 5.73 Å². The molecule has 0 atom stereocenters. The van der Waals surface area contributed by atoms with Gasteiger partial charge in [-0.25, -0.2) is 9.50 Å². The standard InChI is InChI=1S/C27H31N7O/c1-18-2-3-21-22(4-5-23(26(28)35)24(21)14-18)25-16-31-34-17-20(15-30-27(25)34)33-12-10-32(11-13-33)19-6-8-29-9-7-19/h2-5,14-17,19,29H,6-13H2,1H3,(H2,28,35). The van der Waals surface area contributed by atoms with Crippen LogP contribution in [0.3, 0.4) is 0 Å². The number of aryl methyl sites for hydroxylation is 1. The summed E-state index contributed by atoms with van der Waals surface area (Å²) in [5.41, 5.74) is 11.1. The van der Waals surface area contributed by atoms with Gasteiger partial charge in [0.1, 0.15) is 0 Å².